The molecule has 0 bridgehead atoms. The quantitative estimate of drug-likeness (QED) is 0.525. The Morgan fingerprint density at radius 2 is 1.67 bits per heavy atom. The molecule has 0 saturated carbocycles. The lowest BCUT2D eigenvalue weighted by Gasteiger charge is -2.36. The van der Waals surface area contributed by atoms with Crippen LogP contribution in [0.3, 0.4) is 0 Å². The molecule has 3 aromatic rings. The van der Waals surface area contributed by atoms with Crippen molar-refractivity contribution in [1.29, 1.82) is 0 Å². The van der Waals surface area contributed by atoms with Gasteiger partial charge in [0, 0.05) is 44.8 Å². The maximum Gasteiger partial charge on any atom is 0.293 e. The molecule has 1 aliphatic rings. The number of piperazine rings is 1. The van der Waals surface area contributed by atoms with Crippen LogP contribution in [-0.2, 0) is 9.53 Å². The van der Waals surface area contributed by atoms with Gasteiger partial charge in [0.25, 0.3) is 6.47 Å². The largest absolute Gasteiger partial charge is 0.497 e. The molecule has 1 heterocycles. The SMILES string of the molecule is COc1ccc(N2CCN(CCC(OC=O)c3ccc4ccccc4c3)CC2)cc1. The number of hydrogen-bond donors (Lipinski definition) is 0. The van der Waals surface area contributed by atoms with Gasteiger partial charge in [0.15, 0.2) is 0 Å². The van der Waals surface area contributed by atoms with E-state index in [0.717, 1.165) is 50.5 Å². The second-order valence-electron chi connectivity index (χ2n) is 7.64. The molecule has 1 fully saturated rings. The summed E-state index contributed by atoms with van der Waals surface area (Å²) in [4.78, 5) is 15.9. The Balaban J connectivity index is 1.33. The number of carbonyl (C=O) groups excluding carboxylic acids is 1. The maximum absolute atomic E-state index is 11.1. The second kappa shape index (κ2) is 9.63. The lowest BCUT2D eigenvalue weighted by atomic mass is 10.0. The summed E-state index contributed by atoms with van der Waals surface area (Å²) < 4.78 is 10.7. The molecular weight excluding hydrogens is 376 g/mol. The molecule has 0 spiro atoms. The minimum Gasteiger partial charge on any atom is -0.497 e. The van der Waals surface area contributed by atoms with E-state index in [1.165, 1.54) is 16.5 Å². The normalized spacial score (nSPS) is 15.7. The van der Waals surface area contributed by atoms with E-state index in [0.29, 0.717) is 6.47 Å². The molecule has 0 aliphatic carbocycles. The molecular formula is C25H28N2O3. The first-order chi connectivity index (χ1) is 14.8. The molecule has 0 aromatic heterocycles. The van der Waals surface area contributed by atoms with Crippen LogP contribution in [0.25, 0.3) is 10.8 Å². The Bertz CT molecular complexity index is 966. The number of rotatable bonds is 8. The van der Waals surface area contributed by atoms with E-state index in [2.05, 4.69) is 52.3 Å². The molecule has 0 radical (unpaired) electrons. The van der Waals surface area contributed by atoms with Crippen LogP contribution in [0.1, 0.15) is 18.1 Å². The molecule has 1 saturated heterocycles. The van der Waals surface area contributed by atoms with E-state index < -0.39 is 0 Å². The summed E-state index contributed by atoms with van der Waals surface area (Å²) in [5.74, 6) is 0.882. The molecule has 0 N–H and O–H groups in total. The molecule has 1 atom stereocenters. The number of ether oxygens (including phenoxy) is 2. The fourth-order valence-electron chi connectivity index (χ4n) is 4.11. The number of fused-ring (bicyclic) bond motifs is 1. The van der Waals surface area contributed by atoms with Crippen LogP contribution < -0.4 is 9.64 Å². The van der Waals surface area contributed by atoms with E-state index in [1.54, 1.807) is 7.11 Å². The average Bonchev–Trinajstić information content (AvgIpc) is 2.82. The Kier molecular flexibility index (Phi) is 6.50. The van der Waals surface area contributed by atoms with Gasteiger partial charge in [0.05, 0.1) is 7.11 Å². The van der Waals surface area contributed by atoms with Crippen LogP contribution in [0.4, 0.5) is 5.69 Å². The topological polar surface area (TPSA) is 42.0 Å². The maximum atomic E-state index is 11.1. The highest BCUT2D eigenvalue weighted by molar-refractivity contribution is 5.83. The average molecular weight is 405 g/mol. The Morgan fingerprint density at radius 1 is 0.933 bits per heavy atom. The molecule has 5 heteroatoms. The number of methoxy groups -OCH3 is 1. The minimum absolute atomic E-state index is 0.216. The van der Waals surface area contributed by atoms with E-state index in [9.17, 15) is 4.79 Å². The molecule has 1 aliphatic heterocycles. The molecule has 30 heavy (non-hydrogen) atoms. The highest BCUT2D eigenvalue weighted by Crippen LogP contribution is 2.26. The van der Waals surface area contributed by atoms with Crippen molar-refractivity contribution in [3.05, 3.63) is 72.3 Å². The molecule has 0 amide bonds. The monoisotopic (exact) mass is 404 g/mol. The second-order valence-corrected chi connectivity index (χ2v) is 7.64. The lowest BCUT2D eigenvalue weighted by Crippen LogP contribution is -2.46. The van der Waals surface area contributed by atoms with Gasteiger partial charge in [0.2, 0.25) is 0 Å². The number of carbonyl (C=O) groups is 1. The Morgan fingerprint density at radius 3 is 2.37 bits per heavy atom. The first kappa shape index (κ1) is 20.2. The summed E-state index contributed by atoms with van der Waals surface area (Å²) in [6.45, 7) is 5.45. The van der Waals surface area contributed by atoms with E-state index in [-0.39, 0.29) is 6.10 Å². The van der Waals surface area contributed by atoms with Gasteiger partial charge in [-0.25, -0.2) is 0 Å². The summed E-state index contributed by atoms with van der Waals surface area (Å²) in [6.07, 6.45) is 0.575. The van der Waals surface area contributed by atoms with E-state index in [1.807, 2.05) is 24.3 Å². The minimum atomic E-state index is -0.216. The Hall–Kier alpha value is -3.05. The van der Waals surface area contributed by atoms with Crippen molar-refractivity contribution in [2.24, 2.45) is 0 Å². The van der Waals surface area contributed by atoms with Gasteiger partial charge in [-0.05, 0) is 46.7 Å². The first-order valence-corrected chi connectivity index (χ1v) is 10.5. The van der Waals surface area contributed by atoms with Crippen molar-refractivity contribution in [3.8, 4) is 5.75 Å². The Labute approximate surface area is 177 Å². The highest BCUT2D eigenvalue weighted by atomic mass is 16.5. The van der Waals surface area contributed by atoms with Crippen LogP contribution >= 0.6 is 0 Å². The van der Waals surface area contributed by atoms with Crippen molar-refractivity contribution in [1.82, 2.24) is 4.90 Å². The fraction of sp³-hybridized carbons (Fsp3) is 0.320. The first-order valence-electron chi connectivity index (χ1n) is 10.5. The van der Waals surface area contributed by atoms with Crippen molar-refractivity contribution < 1.29 is 14.3 Å². The van der Waals surface area contributed by atoms with Crippen LogP contribution in [0.15, 0.2) is 66.7 Å². The number of nitrogens with zero attached hydrogens (tertiary/aromatic N) is 2. The van der Waals surface area contributed by atoms with Crippen LogP contribution in [0.5, 0.6) is 5.75 Å². The van der Waals surface area contributed by atoms with E-state index in [4.69, 9.17) is 9.47 Å². The zero-order valence-electron chi connectivity index (χ0n) is 17.4. The van der Waals surface area contributed by atoms with E-state index >= 15 is 0 Å². The van der Waals surface area contributed by atoms with Gasteiger partial charge >= 0.3 is 0 Å². The molecule has 5 nitrogen and oxygen atoms in total. The smallest absolute Gasteiger partial charge is 0.293 e. The van der Waals surface area contributed by atoms with Crippen molar-refractivity contribution in [2.45, 2.75) is 12.5 Å². The fourth-order valence-corrected chi connectivity index (χ4v) is 4.11. The van der Waals surface area contributed by atoms with Gasteiger partial charge in [-0.1, -0.05) is 36.4 Å². The molecule has 4 rings (SSSR count). The van der Waals surface area contributed by atoms with Gasteiger partial charge in [-0.15, -0.1) is 0 Å². The van der Waals surface area contributed by atoms with Gasteiger partial charge in [-0.3, -0.25) is 9.69 Å². The van der Waals surface area contributed by atoms with Gasteiger partial charge in [0.1, 0.15) is 11.9 Å². The number of anilines is 1. The van der Waals surface area contributed by atoms with Crippen molar-refractivity contribution >= 4 is 22.9 Å². The third-order valence-electron chi connectivity index (χ3n) is 5.88. The van der Waals surface area contributed by atoms with Crippen LogP contribution in [0, 0.1) is 0 Å². The predicted octanol–water partition coefficient (Wildman–Crippen LogP) is 4.27. The van der Waals surface area contributed by atoms with Crippen LogP contribution in [-0.4, -0.2) is 51.2 Å². The third kappa shape index (κ3) is 4.74. The van der Waals surface area contributed by atoms with Gasteiger partial charge in [-0.2, -0.15) is 0 Å². The lowest BCUT2D eigenvalue weighted by molar-refractivity contribution is -0.134. The van der Waals surface area contributed by atoms with Crippen LogP contribution in [0.2, 0.25) is 0 Å². The predicted molar refractivity (Wildman–Crippen MR) is 120 cm³/mol. The molecule has 3 aromatic carbocycles. The zero-order valence-corrected chi connectivity index (χ0v) is 17.4. The zero-order chi connectivity index (χ0) is 20.8. The third-order valence-corrected chi connectivity index (χ3v) is 5.88. The summed E-state index contributed by atoms with van der Waals surface area (Å²) in [6, 6.07) is 22.8. The van der Waals surface area contributed by atoms with Crippen molar-refractivity contribution in [3.63, 3.8) is 0 Å². The summed E-state index contributed by atoms with van der Waals surface area (Å²) in [5.41, 5.74) is 2.28. The summed E-state index contributed by atoms with van der Waals surface area (Å²) in [5, 5.41) is 2.36. The van der Waals surface area contributed by atoms with Crippen molar-refractivity contribution in [2.75, 3.05) is 44.7 Å². The highest BCUT2D eigenvalue weighted by Gasteiger charge is 2.20. The molecule has 156 valence electrons. The summed E-state index contributed by atoms with van der Waals surface area (Å²) in [7, 11) is 1.69. The summed E-state index contributed by atoms with van der Waals surface area (Å²) >= 11 is 0. The number of benzene rings is 3. The standard InChI is InChI=1S/C25H28N2O3/c1-29-24-10-8-23(9-11-24)27-16-14-26(15-17-27)13-12-25(30-19-28)22-7-6-20-4-2-3-5-21(20)18-22/h2-11,18-19,25H,12-17H2,1H3. The molecule has 1 unspecified atom stereocenters. The van der Waals surface area contributed by atoms with Gasteiger partial charge < -0.3 is 14.4 Å². The number of hydrogen-bond acceptors (Lipinski definition) is 5.